The monoisotopic (exact) mass is 730 g/mol. The minimum absolute atomic E-state index is 0.0146. The molecule has 0 bridgehead atoms. The Labute approximate surface area is 296 Å². The van der Waals surface area contributed by atoms with Gasteiger partial charge in [0.25, 0.3) is 0 Å². The average Bonchev–Trinajstić information content (AvgIpc) is 3.10. The van der Waals surface area contributed by atoms with Crippen LogP contribution in [0.3, 0.4) is 0 Å². The highest BCUT2D eigenvalue weighted by molar-refractivity contribution is 6.03. The third-order valence-electron chi connectivity index (χ3n) is 9.24. The molecule has 5 rings (SSSR count). The number of piperazine rings is 1. The maximum atomic E-state index is 14.3. The summed E-state index contributed by atoms with van der Waals surface area (Å²) < 4.78 is 103. The van der Waals surface area contributed by atoms with Gasteiger partial charge in [-0.2, -0.15) is 26.3 Å². The number of benzene rings is 3. The Kier molecular flexibility index (Phi) is 11.0. The summed E-state index contributed by atoms with van der Waals surface area (Å²) in [5.41, 5.74) is -2.86. The van der Waals surface area contributed by atoms with Gasteiger partial charge in [0.15, 0.2) is 0 Å². The van der Waals surface area contributed by atoms with Crippen molar-refractivity contribution in [2.24, 2.45) is 0 Å². The van der Waals surface area contributed by atoms with Crippen LogP contribution in [0, 0.1) is 12.7 Å². The number of nitrogens with zero attached hydrogens (tertiary/aromatic N) is 4. The minimum atomic E-state index is -5.10. The maximum absolute atomic E-state index is 14.3. The van der Waals surface area contributed by atoms with Crippen LogP contribution in [0.15, 0.2) is 79.0 Å². The summed E-state index contributed by atoms with van der Waals surface area (Å²) in [6.07, 6.45) is -8.05. The van der Waals surface area contributed by atoms with Crippen molar-refractivity contribution in [2.75, 3.05) is 43.1 Å². The highest BCUT2D eigenvalue weighted by Crippen LogP contribution is 2.41. The molecule has 1 aliphatic rings. The van der Waals surface area contributed by atoms with Crippen molar-refractivity contribution in [3.63, 3.8) is 0 Å². The first kappa shape index (κ1) is 38.3. The number of aryl methyl sites for hydroxylation is 1. The lowest BCUT2D eigenvalue weighted by molar-refractivity contribution is -0.143. The number of halogens is 7. The van der Waals surface area contributed by atoms with Crippen molar-refractivity contribution < 1.29 is 45.1 Å². The summed E-state index contributed by atoms with van der Waals surface area (Å²) in [6.45, 7) is 5.82. The third kappa shape index (κ3) is 8.38. The molecular formula is C38H37F7N4O3. The number of alkyl halides is 6. The second kappa shape index (κ2) is 14.9. The normalized spacial score (nSPS) is 15.5. The molecule has 1 unspecified atom stereocenters. The zero-order valence-corrected chi connectivity index (χ0v) is 28.9. The molecule has 2 amide bonds. The van der Waals surface area contributed by atoms with Gasteiger partial charge >= 0.3 is 12.4 Å². The van der Waals surface area contributed by atoms with Gasteiger partial charge in [-0.15, -0.1) is 0 Å². The number of likely N-dealkylation sites (N-methyl/N-ethyl adjacent to an activating group) is 1. The Morgan fingerprint density at radius 2 is 1.54 bits per heavy atom. The van der Waals surface area contributed by atoms with Crippen LogP contribution in [0.4, 0.5) is 42.2 Å². The van der Waals surface area contributed by atoms with Crippen LogP contribution >= 0.6 is 0 Å². The molecule has 1 fully saturated rings. The van der Waals surface area contributed by atoms with E-state index in [1.54, 1.807) is 17.9 Å². The summed E-state index contributed by atoms with van der Waals surface area (Å²) >= 11 is 0. The first-order chi connectivity index (χ1) is 24.4. The van der Waals surface area contributed by atoms with E-state index in [2.05, 4.69) is 4.98 Å². The number of carbonyl (C=O) groups is 2. The van der Waals surface area contributed by atoms with E-state index in [-0.39, 0.29) is 24.4 Å². The summed E-state index contributed by atoms with van der Waals surface area (Å²) in [7, 11) is 1.35. The SMILES string of the molecule is Cc1cc(F)ccc1-c1cc(N2CCN(C=O)CC2COCc2ccccc2)ncc1N(C)C(=O)C(C)(C)c1cc(C(F)(F)F)cc(C(F)(F)F)c1. The van der Waals surface area contributed by atoms with Gasteiger partial charge in [-0.3, -0.25) is 9.59 Å². The van der Waals surface area contributed by atoms with Gasteiger partial charge in [-0.05, 0) is 79.4 Å². The number of amides is 2. The quantitative estimate of drug-likeness (QED) is 0.122. The molecule has 2 heterocycles. The molecule has 7 nitrogen and oxygen atoms in total. The fourth-order valence-electron chi connectivity index (χ4n) is 6.28. The van der Waals surface area contributed by atoms with Crippen LogP contribution in [0.1, 0.15) is 41.7 Å². The molecule has 0 N–H and O–H groups in total. The number of pyridine rings is 1. The lowest BCUT2D eigenvalue weighted by Gasteiger charge is -2.41. The molecule has 4 aromatic rings. The van der Waals surface area contributed by atoms with E-state index in [1.165, 1.54) is 45.3 Å². The van der Waals surface area contributed by atoms with Crippen LogP contribution < -0.4 is 9.80 Å². The Morgan fingerprint density at radius 3 is 2.13 bits per heavy atom. The molecule has 3 aromatic carbocycles. The van der Waals surface area contributed by atoms with E-state index in [0.29, 0.717) is 60.9 Å². The van der Waals surface area contributed by atoms with Gasteiger partial charge in [0, 0.05) is 32.2 Å². The molecule has 1 aromatic heterocycles. The predicted molar refractivity (Wildman–Crippen MR) is 182 cm³/mol. The van der Waals surface area contributed by atoms with E-state index < -0.39 is 46.2 Å². The Morgan fingerprint density at radius 1 is 0.904 bits per heavy atom. The highest BCUT2D eigenvalue weighted by atomic mass is 19.4. The summed E-state index contributed by atoms with van der Waals surface area (Å²) in [6, 6.07) is 16.1. The topological polar surface area (TPSA) is 66.0 Å². The van der Waals surface area contributed by atoms with Gasteiger partial charge in [-0.25, -0.2) is 9.37 Å². The van der Waals surface area contributed by atoms with Crippen LogP contribution in [0.5, 0.6) is 0 Å². The lowest BCUT2D eigenvalue weighted by Crippen LogP contribution is -2.55. The Hall–Kier alpha value is -4.98. The smallest absolute Gasteiger partial charge is 0.375 e. The zero-order valence-electron chi connectivity index (χ0n) is 28.9. The Bertz CT molecular complexity index is 1880. The van der Waals surface area contributed by atoms with E-state index in [0.717, 1.165) is 16.9 Å². The van der Waals surface area contributed by atoms with Crippen LogP contribution in [-0.4, -0.2) is 61.5 Å². The van der Waals surface area contributed by atoms with Gasteiger partial charge in [-0.1, -0.05) is 36.4 Å². The standard InChI is InChI=1S/C38H37F7N4O3/c1-24-14-29(39)10-11-31(24)32-18-34(49-13-12-48(23-50)20-30(49)22-52-21-25-8-6-5-7-9-25)46-19-33(32)47(4)35(51)36(2,3)26-15-27(37(40,41)42)17-28(16-26)38(43,44)45/h5-11,14-19,23,30H,12-13,20-22H2,1-4H3. The molecular weight excluding hydrogens is 693 g/mol. The average molecular weight is 731 g/mol. The summed E-state index contributed by atoms with van der Waals surface area (Å²) in [5.74, 6) is -0.871. The lowest BCUT2D eigenvalue weighted by atomic mass is 9.81. The first-order valence-electron chi connectivity index (χ1n) is 16.3. The van der Waals surface area contributed by atoms with E-state index >= 15 is 0 Å². The minimum Gasteiger partial charge on any atom is -0.375 e. The van der Waals surface area contributed by atoms with Crippen molar-refractivity contribution in [2.45, 2.75) is 51.2 Å². The highest BCUT2D eigenvalue weighted by Gasteiger charge is 2.41. The molecule has 1 aliphatic heterocycles. The van der Waals surface area contributed by atoms with Gasteiger partial charge in [0.2, 0.25) is 12.3 Å². The molecule has 1 atom stereocenters. The molecule has 276 valence electrons. The van der Waals surface area contributed by atoms with E-state index in [1.807, 2.05) is 35.2 Å². The molecule has 1 saturated heterocycles. The summed E-state index contributed by atoms with van der Waals surface area (Å²) in [5, 5.41) is 0. The number of hydrogen-bond donors (Lipinski definition) is 0. The largest absolute Gasteiger partial charge is 0.416 e. The van der Waals surface area contributed by atoms with Gasteiger partial charge in [0.05, 0.1) is 47.7 Å². The molecule has 0 spiro atoms. The zero-order chi connectivity index (χ0) is 38.0. The van der Waals surface area contributed by atoms with Crippen LogP contribution in [0.25, 0.3) is 11.1 Å². The number of ether oxygens (including phenoxy) is 1. The fraction of sp³-hybridized carbons (Fsp3) is 0.342. The fourth-order valence-corrected chi connectivity index (χ4v) is 6.28. The molecule has 0 radical (unpaired) electrons. The van der Waals surface area contributed by atoms with Gasteiger partial charge < -0.3 is 19.4 Å². The maximum Gasteiger partial charge on any atom is 0.416 e. The van der Waals surface area contributed by atoms with E-state index in [4.69, 9.17) is 4.74 Å². The number of anilines is 2. The first-order valence-corrected chi connectivity index (χ1v) is 16.3. The molecule has 0 saturated carbocycles. The second-order valence-electron chi connectivity index (χ2n) is 13.3. The van der Waals surface area contributed by atoms with Crippen molar-refractivity contribution in [1.29, 1.82) is 0 Å². The van der Waals surface area contributed by atoms with Crippen molar-refractivity contribution in [1.82, 2.24) is 9.88 Å². The Balaban J connectivity index is 1.54. The summed E-state index contributed by atoms with van der Waals surface area (Å²) in [4.78, 5) is 35.3. The predicted octanol–water partition coefficient (Wildman–Crippen LogP) is 8.04. The third-order valence-corrected chi connectivity index (χ3v) is 9.24. The number of rotatable bonds is 10. The van der Waals surface area contributed by atoms with Crippen LogP contribution in [0.2, 0.25) is 0 Å². The second-order valence-corrected chi connectivity index (χ2v) is 13.3. The number of hydrogen-bond acceptors (Lipinski definition) is 5. The van der Waals surface area contributed by atoms with Gasteiger partial charge in [0.1, 0.15) is 11.6 Å². The molecule has 14 heteroatoms. The van der Waals surface area contributed by atoms with Crippen molar-refractivity contribution >= 4 is 23.8 Å². The molecule has 52 heavy (non-hydrogen) atoms. The van der Waals surface area contributed by atoms with Crippen molar-refractivity contribution in [3.8, 4) is 11.1 Å². The van der Waals surface area contributed by atoms with E-state index in [9.17, 15) is 40.3 Å². The van der Waals surface area contributed by atoms with Crippen LogP contribution in [-0.2, 0) is 38.7 Å². The number of carbonyl (C=O) groups excluding carboxylic acids is 2. The number of aromatic nitrogens is 1. The van der Waals surface area contributed by atoms with Crippen molar-refractivity contribution in [3.05, 3.63) is 113 Å². The molecule has 0 aliphatic carbocycles.